The van der Waals surface area contributed by atoms with Crippen LogP contribution < -0.4 is 19.7 Å². The molecule has 33 heavy (non-hydrogen) atoms. The number of methoxy groups -OCH3 is 2. The van der Waals surface area contributed by atoms with Crippen LogP contribution in [0, 0.1) is 11.7 Å². The molecule has 9 heteroatoms. The predicted molar refractivity (Wildman–Crippen MR) is 120 cm³/mol. The van der Waals surface area contributed by atoms with Crippen LogP contribution in [-0.2, 0) is 16.6 Å². The molecule has 2 heterocycles. The fourth-order valence-corrected chi connectivity index (χ4v) is 4.02. The van der Waals surface area contributed by atoms with Crippen molar-refractivity contribution >= 4 is 17.5 Å². The number of carbonyl (C=O) groups is 2. The number of hydrogen-bond acceptors (Lipinski definition) is 5. The van der Waals surface area contributed by atoms with E-state index in [1.54, 1.807) is 54.3 Å². The van der Waals surface area contributed by atoms with Gasteiger partial charge < -0.3 is 24.3 Å². The normalized spacial score (nSPS) is 16.5. The summed E-state index contributed by atoms with van der Waals surface area (Å²) in [5.41, 5.74) is 1.11. The van der Waals surface area contributed by atoms with Crippen molar-refractivity contribution in [3.05, 3.63) is 72.1 Å². The third-order valence-corrected chi connectivity index (χ3v) is 5.76. The lowest BCUT2D eigenvalue weighted by Crippen LogP contribution is -2.37. The first-order valence-corrected chi connectivity index (χ1v) is 10.5. The van der Waals surface area contributed by atoms with E-state index in [0.717, 1.165) is 0 Å². The highest BCUT2D eigenvalue weighted by atomic mass is 19.1. The van der Waals surface area contributed by atoms with E-state index in [4.69, 9.17) is 9.47 Å². The molecule has 172 valence electrons. The Kier molecular flexibility index (Phi) is 6.30. The molecule has 2 atom stereocenters. The van der Waals surface area contributed by atoms with Crippen LogP contribution in [0.2, 0.25) is 0 Å². The van der Waals surface area contributed by atoms with Gasteiger partial charge in [-0.1, -0.05) is 12.1 Å². The van der Waals surface area contributed by atoms with E-state index in [0.29, 0.717) is 28.6 Å². The number of ether oxygens (including phenoxy) is 2. The second-order valence-corrected chi connectivity index (χ2v) is 7.84. The lowest BCUT2D eigenvalue weighted by atomic mass is 10.0. The Morgan fingerprint density at radius 1 is 1.21 bits per heavy atom. The van der Waals surface area contributed by atoms with Crippen LogP contribution in [-0.4, -0.2) is 42.1 Å². The van der Waals surface area contributed by atoms with Crippen molar-refractivity contribution in [3.8, 4) is 11.5 Å². The van der Waals surface area contributed by atoms with Crippen LogP contribution >= 0.6 is 0 Å². The number of aryl methyl sites for hydroxylation is 1. The van der Waals surface area contributed by atoms with Crippen molar-refractivity contribution in [1.82, 2.24) is 14.9 Å². The summed E-state index contributed by atoms with van der Waals surface area (Å²) < 4.78 is 26.4. The Labute approximate surface area is 190 Å². The Hall–Kier alpha value is -3.88. The molecule has 0 saturated carbocycles. The summed E-state index contributed by atoms with van der Waals surface area (Å²) >= 11 is 0. The van der Waals surface area contributed by atoms with Crippen molar-refractivity contribution in [1.29, 1.82) is 0 Å². The first-order chi connectivity index (χ1) is 15.9. The standard InChI is InChI=1S/C24H25FN4O4/c1-28-10-9-26-23(28)22(15-5-4-6-17(25)11-15)27-24(31)16-12-21(30)29(14-16)19-13-18(32-2)7-8-20(19)33-3/h4-11,13,16,22H,12,14H2,1-3H3,(H,27,31). The molecule has 3 aromatic rings. The van der Waals surface area contributed by atoms with E-state index >= 15 is 0 Å². The number of imidazole rings is 1. The summed E-state index contributed by atoms with van der Waals surface area (Å²) in [5, 5.41) is 2.97. The van der Waals surface area contributed by atoms with Gasteiger partial charge in [0.25, 0.3) is 0 Å². The number of rotatable bonds is 7. The fraction of sp³-hybridized carbons (Fsp3) is 0.292. The van der Waals surface area contributed by atoms with Crippen LogP contribution in [0.15, 0.2) is 54.9 Å². The second kappa shape index (κ2) is 9.32. The number of nitrogens with zero attached hydrogens (tertiary/aromatic N) is 3. The lowest BCUT2D eigenvalue weighted by Gasteiger charge is -2.22. The number of hydrogen-bond donors (Lipinski definition) is 1. The molecule has 1 aliphatic heterocycles. The molecule has 8 nitrogen and oxygen atoms in total. The van der Waals surface area contributed by atoms with Gasteiger partial charge in [0.1, 0.15) is 29.2 Å². The molecule has 0 spiro atoms. The summed E-state index contributed by atoms with van der Waals surface area (Å²) in [5.74, 6) is 0.136. The van der Waals surface area contributed by atoms with Crippen molar-refractivity contribution in [2.75, 3.05) is 25.7 Å². The van der Waals surface area contributed by atoms with Crippen molar-refractivity contribution in [2.24, 2.45) is 13.0 Å². The summed E-state index contributed by atoms with van der Waals surface area (Å²) in [4.78, 5) is 31.9. The Morgan fingerprint density at radius 2 is 2.03 bits per heavy atom. The third kappa shape index (κ3) is 4.52. The van der Waals surface area contributed by atoms with Crippen LogP contribution in [0.25, 0.3) is 0 Å². The van der Waals surface area contributed by atoms with Gasteiger partial charge in [-0.2, -0.15) is 0 Å². The number of halogens is 1. The molecule has 2 amide bonds. The topological polar surface area (TPSA) is 85.7 Å². The Balaban J connectivity index is 1.58. The summed E-state index contributed by atoms with van der Waals surface area (Å²) in [7, 11) is 4.86. The van der Waals surface area contributed by atoms with E-state index in [1.807, 2.05) is 0 Å². The van der Waals surface area contributed by atoms with E-state index in [2.05, 4.69) is 10.3 Å². The molecule has 0 radical (unpaired) electrons. The minimum Gasteiger partial charge on any atom is -0.497 e. The zero-order chi connectivity index (χ0) is 23.5. The molecule has 1 saturated heterocycles. The number of aromatic nitrogens is 2. The molecule has 4 rings (SSSR count). The predicted octanol–water partition coefficient (Wildman–Crippen LogP) is 2.84. The minimum atomic E-state index is -0.663. The van der Waals surface area contributed by atoms with Crippen LogP contribution in [0.4, 0.5) is 10.1 Å². The number of anilines is 1. The van der Waals surface area contributed by atoms with Gasteiger partial charge >= 0.3 is 0 Å². The molecule has 0 bridgehead atoms. The SMILES string of the molecule is COc1ccc(OC)c(N2CC(C(=O)NC(c3cccc(F)c3)c3nccn3C)CC2=O)c1. The highest BCUT2D eigenvalue weighted by molar-refractivity contribution is 6.01. The Morgan fingerprint density at radius 3 is 2.70 bits per heavy atom. The van der Waals surface area contributed by atoms with Gasteiger partial charge in [-0.3, -0.25) is 9.59 Å². The average Bonchev–Trinajstić information content (AvgIpc) is 3.42. The molecule has 1 fully saturated rings. The largest absolute Gasteiger partial charge is 0.497 e. The lowest BCUT2D eigenvalue weighted by molar-refractivity contribution is -0.126. The molecule has 2 aromatic carbocycles. The molecular weight excluding hydrogens is 427 g/mol. The first kappa shape index (κ1) is 22.3. The van der Waals surface area contributed by atoms with E-state index < -0.39 is 17.8 Å². The average molecular weight is 452 g/mol. The maximum atomic E-state index is 13.9. The van der Waals surface area contributed by atoms with Crippen molar-refractivity contribution in [2.45, 2.75) is 12.5 Å². The van der Waals surface area contributed by atoms with Gasteiger partial charge in [0.15, 0.2) is 0 Å². The smallest absolute Gasteiger partial charge is 0.227 e. The molecule has 1 aromatic heterocycles. The molecular formula is C24H25FN4O4. The Bertz CT molecular complexity index is 1180. The van der Waals surface area contributed by atoms with Crippen molar-refractivity contribution in [3.63, 3.8) is 0 Å². The first-order valence-electron chi connectivity index (χ1n) is 10.5. The zero-order valence-electron chi connectivity index (χ0n) is 18.6. The van der Waals surface area contributed by atoms with Gasteiger partial charge in [-0.25, -0.2) is 9.37 Å². The van der Waals surface area contributed by atoms with Gasteiger partial charge in [0.05, 0.1) is 25.8 Å². The maximum absolute atomic E-state index is 13.9. The molecule has 2 unspecified atom stereocenters. The number of carbonyl (C=O) groups excluding carboxylic acids is 2. The molecule has 0 aliphatic carbocycles. The zero-order valence-corrected chi connectivity index (χ0v) is 18.6. The van der Waals surface area contributed by atoms with Gasteiger partial charge in [0, 0.05) is 38.5 Å². The molecule has 1 aliphatic rings. The van der Waals surface area contributed by atoms with E-state index in [1.165, 1.54) is 31.3 Å². The fourth-order valence-electron chi connectivity index (χ4n) is 4.02. The number of nitrogens with one attached hydrogen (secondary N) is 1. The number of amides is 2. The minimum absolute atomic E-state index is 0.0443. The number of benzene rings is 2. The van der Waals surface area contributed by atoms with Gasteiger partial charge in [-0.15, -0.1) is 0 Å². The quantitative estimate of drug-likeness (QED) is 0.596. The highest BCUT2D eigenvalue weighted by Crippen LogP contribution is 2.36. The monoisotopic (exact) mass is 452 g/mol. The third-order valence-electron chi connectivity index (χ3n) is 5.76. The molecule has 1 N–H and O–H groups in total. The maximum Gasteiger partial charge on any atom is 0.227 e. The van der Waals surface area contributed by atoms with Crippen LogP contribution in [0.1, 0.15) is 23.9 Å². The summed E-state index contributed by atoms with van der Waals surface area (Å²) in [6.07, 6.45) is 3.41. The summed E-state index contributed by atoms with van der Waals surface area (Å²) in [6.45, 7) is 0.185. The van der Waals surface area contributed by atoms with Gasteiger partial charge in [-0.05, 0) is 29.8 Å². The highest BCUT2D eigenvalue weighted by Gasteiger charge is 2.37. The van der Waals surface area contributed by atoms with E-state index in [9.17, 15) is 14.0 Å². The second-order valence-electron chi connectivity index (χ2n) is 7.84. The van der Waals surface area contributed by atoms with Crippen LogP contribution in [0.3, 0.4) is 0 Å². The van der Waals surface area contributed by atoms with E-state index in [-0.39, 0.29) is 24.8 Å². The van der Waals surface area contributed by atoms with Gasteiger partial charge in [0.2, 0.25) is 11.8 Å². The summed E-state index contributed by atoms with van der Waals surface area (Å²) in [6, 6.07) is 10.5. The van der Waals surface area contributed by atoms with Crippen LogP contribution in [0.5, 0.6) is 11.5 Å². The van der Waals surface area contributed by atoms with Crippen molar-refractivity contribution < 1.29 is 23.5 Å².